The predicted molar refractivity (Wildman–Crippen MR) is 119 cm³/mol. The third-order valence-electron chi connectivity index (χ3n) is 6.08. The Morgan fingerprint density at radius 1 is 0.970 bits per heavy atom. The fourth-order valence-corrected chi connectivity index (χ4v) is 4.41. The number of amides is 1. The van der Waals surface area contributed by atoms with Gasteiger partial charge in [0, 0.05) is 17.5 Å². The Balaban J connectivity index is 1.34. The van der Waals surface area contributed by atoms with E-state index >= 15 is 0 Å². The van der Waals surface area contributed by atoms with Crippen LogP contribution in [0.25, 0.3) is 22.2 Å². The molecule has 0 bridgehead atoms. The van der Waals surface area contributed by atoms with Gasteiger partial charge >= 0.3 is 6.09 Å². The smallest absolute Gasteiger partial charge is 0.407 e. The number of fused-ring (bicyclic) bond motifs is 1. The molecule has 7 heteroatoms. The van der Waals surface area contributed by atoms with E-state index in [2.05, 4.69) is 10.3 Å². The summed E-state index contributed by atoms with van der Waals surface area (Å²) in [5.41, 5.74) is 3.19. The Hall–Kier alpha value is -3.74. The molecule has 0 aliphatic heterocycles. The second-order valence-electron chi connectivity index (χ2n) is 8.30. The van der Waals surface area contributed by atoms with Crippen molar-refractivity contribution in [2.45, 2.75) is 31.4 Å². The third kappa shape index (κ3) is 4.31. The molecule has 4 aromatic rings. The van der Waals surface area contributed by atoms with Gasteiger partial charge in [-0.05, 0) is 65.8 Å². The van der Waals surface area contributed by atoms with Crippen LogP contribution in [0.15, 0.2) is 66.7 Å². The van der Waals surface area contributed by atoms with Crippen LogP contribution in [0, 0.1) is 17.5 Å². The maximum Gasteiger partial charge on any atom is 0.407 e. The molecule has 33 heavy (non-hydrogen) atoms. The first-order valence-corrected chi connectivity index (χ1v) is 10.7. The Morgan fingerprint density at radius 3 is 2.42 bits per heavy atom. The fraction of sp³-hybridized carbons (Fsp3) is 0.192. The van der Waals surface area contributed by atoms with Crippen LogP contribution >= 0.6 is 0 Å². The van der Waals surface area contributed by atoms with E-state index in [-0.39, 0.29) is 29.9 Å². The molecule has 5 rings (SSSR count). The number of nitrogens with one attached hydrogen (secondary N) is 2. The molecule has 1 aromatic heterocycles. The molecule has 1 amide bonds. The summed E-state index contributed by atoms with van der Waals surface area (Å²) in [6, 6.07) is 17.3. The summed E-state index contributed by atoms with van der Waals surface area (Å²) in [5, 5.41) is 3.31. The van der Waals surface area contributed by atoms with Gasteiger partial charge in [-0.2, -0.15) is 0 Å². The topological polar surface area (TPSA) is 54.1 Å². The van der Waals surface area contributed by atoms with E-state index < -0.39 is 17.7 Å². The van der Waals surface area contributed by atoms with Crippen LogP contribution in [-0.2, 0) is 11.3 Å². The zero-order valence-electron chi connectivity index (χ0n) is 17.6. The number of aromatic nitrogens is 1. The minimum atomic E-state index is -0.682. The van der Waals surface area contributed by atoms with Gasteiger partial charge in [0.15, 0.2) is 0 Å². The van der Waals surface area contributed by atoms with Crippen LogP contribution in [0.1, 0.15) is 29.9 Å². The number of rotatable bonds is 5. The van der Waals surface area contributed by atoms with Crippen LogP contribution in [0.3, 0.4) is 0 Å². The summed E-state index contributed by atoms with van der Waals surface area (Å²) in [5.74, 6) is -1.75. The second kappa shape index (κ2) is 8.65. The lowest BCUT2D eigenvalue weighted by Gasteiger charge is -2.36. The van der Waals surface area contributed by atoms with E-state index in [1.807, 2.05) is 30.3 Å². The molecule has 0 spiro atoms. The van der Waals surface area contributed by atoms with E-state index in [0.29, 0.717) is 29.5 Å². The average molecular weight is 450 g/mol. The van der Waals surface area contributed by atoms with Gasteiger partial charge in [0.25, 0.3) is 0 Å². The normalized spacial score (nSPS) is 17.5. The van der Waals surface area contributed by atoms with Gasteiger partial charge in [-0.1, -0.05) is 30.3 Å². The van der Waals surface area contributed by atoms with E-state index in [1.165, 1.54) is 18.2 Å². The van der Waals surface area contributed by atoms with Crippen molar-refractivity contribution in [3.63, 3.8) is 0 Å². The van der Waals surface area contributed by atoms with Gasteiger partial charge in [-0.25, -0.2) is 18.0 Å². The first-order chi connectivity index (χ1) is 16.0. The molecule has 1 heterocycles. The highest BCUT2D eigenvalue weighted by molar-refractivity contribution is 5.92. The number of aromatic amines is 1. The van der Waals surface area contributed by atoms with Gasteiger partial charge < -0.3 is 15.0 Å². The first-order valence-electron chi connectivity index (χ1n) is 10.7. The largest absolute Gasteiger partial charge is 0.445 e. The van der Waals surface area contributed by atoms with Crippen LogP contribution in [0.5, 0.6) is 0 Å². The number of hydrogen-bond acceptors (Lipinski definition) is 2. The number of carbonyl (C=O) groups is 1. The summed E-state index contributed by atoms with van der Waals surface area (Å²) in [6.45, 7) is 0.179. The van der Waals surface area contributed by atoms with E-state index in [4.69, 9.17) is 4.74 Å². The van der Waals surface area contributed by atoms with Gasteiger partial charge in [0.2, 0.25) is 0 Å². The number of carbonyl (C=O) groups excluding carboxylic acids is 1. The van der Waals surface area contributed by atoms with E-state index in [1.54, 1.807) is 12.1 Å². The molecule has 4 nitrogen and oxygen atoms in total. The highest BCUT2D eigenvalue weighted by Crippen LogP contribution is 2.45. The highest BCUT2D eigenvalue weighted by Gasteiger charge is 2.35. The Kier molecular flexibility index (Phi) is 5.54. The molecular weight excluding hydrogens is 429 g/mol. The summed E-state index contributed by atoms with van der Waals surface area (Å²) in [4.78, 5) is 15.2. The van der Waals surface area contributed by atoms with E-state index in [9.17, 15) is 18.0 Å². The quantitative estimate of drug-likeness (QED) is 0.368. The van der Waals surface area contributed by atoms with Gasteiger partial charge in [-0.3, -0.25) is 0 Å². The first kappa shape index (κ1) is 21.1. The summed E-state index contributed by atoms with van der Waals surface area (Å²) >= 11 is 0. The monoisotopic (exact) mass is 450 g/mol. The Labute approximate surface area is 188 Å². The number of benzene rings is 3. The van der Waals surface area contributed by atoms with Crippen LogP contribution < -0.4 is 5.32 Å². The van der Waals surface area contributed by atoms with Crippen molar-refractivity contribution in [1.29, 1.82) is 0 Å². The third-order valence-corrected chi connectivity index (χ3v) is 6.08. The fourth-order valence-electron chi connectivity index (χ4n) is 4.41. The lowest BCUT2D eigenvalue weighted by atomic mass is 9.74. The molecule has 0 unspecified atom stereocenters. The van der Waals surface area contributed by atoms with Crippen molar-refractivity contribution in [3.05, 3.63) is 95.3 Å². The van der Waals surface area contributed by atoms with Gasteiger partial charge in [0.05, 0.1) is 11.2 Å². The van der Waals surface area contributed by atoms with E-state index in [0.717, 1.165) is 17.2 Å². The summed E-state index contributed by atoms with van der Waals surface area (Å²) < 4.78 is 47.2. The number of alkyl carbamates (subject to hydrolysis) is 1. The van der Waals surface area contributed by atoms with Crippen molar-refractivity contribution in [1.82, 2.24) is 10.3 Å². The minimum absolute atomic E-state index is 0.0283. The van der Waals surface area contributed by atoms with Crippen molar-refractivity contribution >= 4 is 17.0 Å². The predicted octanol–water partition coefficient (Wildman–Crippen LogP) is 6.42. The molecule has 1 aliphatic carbocycles. The maximum atomic E-state index is 14.5. The SMILES string of the molecule is O=C(NC1CC(c2c(-c3ccc(F)cc3)[nH]c3c(F)cc(F)cc23)C1)OCc1ccccc1. The van der Waals surface area contributed by atoms with Crippen molar-refractivity contribution < 1.29 is 22.7 Å². The molecule has 0 saturated heterocycles. The van der Waals surface area contributed by atoms with Crippen LogP contribution in [0.2, 0.25) is 0 Å². The van der Waals surface area contributed by atoms with Crippen molar-refractivity contribution in [3.8, 4) is 11.3 Å². The minimum Gasteiger partial charge on any atom is -0.445 e. The molecule has 1 saturated carbocycles. The lowest BCUT2D eigenvalue weighted by Crippen LogP contribution is -2.43. The second-order valence-corrected chi connectivity index (χ2v) is 8.30. The number of halogens is 3. The zero-order valence-corrected chi connectivity index (χ0v) is 17.6. The maximum absolute atomic E-state index is 14.5. The summed E-state index contributed by atoms with van der Waals surface area (Å²) in [7, 11) is 0. The average Bonchev–Trinajstić information content (AvgIpc) is 3.15. The van der Waals surface area contributed by atoms with Crippen LogP contribution in [-0.4, -0.2) is 17.1 Å². The van der Waals surface area contributed by atoms with Gasteiger partial charge in [0.1, 0.15) is 24.1 Å². The molecule has 168 valence electrons. The number of H-pyrrole nitrogens is 1. The van der Waals surface area contributed by atoms with Crippen LogP contribution in [0.4, 0.5) is 18.0 Å². The van der Waals surface area contributed by atoms with Crippen molar-refractivity contribution in [2.24, 2.45) is 0 Å². The molecule has 3 aromatic carbocycles. The lowest BCUT2D eigenvalue weighted by molar-refractivity contribution is 0.128. The molecule has 0 radical (unpaired) electrons. The summed E-state index contributed by atoms with van der Waals surface area (Å²) in [6.07, 6.45) is 0.691. The Bertz CT molecular complexity index is 1300. The molecule has 2 N–H and O–H groups in total. The number of ether oxygens (including phenoxy) is 1. The standard InChI is InChI=1S/C26H21F3N2O2/c27-18-8-6-16(7-9-18)24-23(21-12-19(28)13-22(29)25(21)31-24)17-10-20(11-17)30-26(32)33-14-15-4-2-1-3-5-15/h1-9,12-13,17,20,31H,10-11,14H2,(H,30,32). The highest BCUT2D eigenvalue weighted by atomic mass is 19.1. The Morgan fingerprint density at radius 2 is 1.70 bits per heavy atom. The number of hydrogen-bond donors (Lipinski definition) is 2. The van der Waals surface area contributed by atoms with Crippen molar-refractivity contribution in [2.75, 3.05) is 0 Å². The molecule has 1 aliphatic rings. The molecule has 0 atom stereocenters. The molecular formula is C26H21F3N2O2. The molecule has 1 fully saturated rings. The zero-order chi connectivity index (χ0) is 22.9. The van der Waals surface area contributed by atoms with Gasteiger partial charge in [-0.15, -0.1) is 0 Å².